The predicted molar refractivity (Wildman–Crippen MR) is 66.5 cm³/mol. The number of aromatic nitrogens is 1. The third kappa shape index (κ3) is 3.03. The van der Waals surface area contributed by atoms with E-state index in [1.54, 1.807) is 23.4 Å². The van der Waals surface area contributed by atoms with Gasteiger partial charge < -0.3 is 4.90 Å². The molecule has 0 radical (unpaired) electrons. The Balaban J connectivity index is 2.09. The van der Waals surface area contributed by atoms with Gasteiger partial charge in [-0.1, -0.05) is 0 Å². The number of alkyl halides is 1. The number of piperidine rings is 1. The van der Waals surface area contributed by atoms with Gasteiger partial charge in [-0.25, -0.2) is 0 Å². The Labute approximate surface area is 108 Å². The van der Waals surface area contributed by atoms with Gasteiger partial charge in [0.1, 0.15) is 0 Å². The lowest BCUT2D eigenvalue weighted by molar-refractivity contribution is 0.0656. The predicted octanol–water partition coefficient (Wildman–Crippen LogP) is 2.67. The van der Waals surface area contributed by atoms with Crippen LogP contribution in [-0.2, 0) is 0 Å². The molecule has 1 aliphatic rings. The van der Waals surface area contributed by atoms with Crippen LogP contribution in [0.2, 0.25) is 0 Å². The normalized spacial score (nSPS) is 20.4. The minimum absolute atomic E-state index is 0.00666. The first kappa shape index (κ1) is 12.5. The molecular weight excluding hydrogens is 287 g/mol. The van der Waals surface area contributed by atoms with Gasteiger partial charge in [-0.3, -0.25) is 14.2 Å². The number of likely N-dealkylation sites (tertiary alicyclic amines) is 1. The van der Waals surface area contributed by atoms with Crippen molar-refractivity contribution in [2.45, 2.75) is 12.8 Å². The minimum Gasteiger partial charge on any atom is -0.338 e. The number of carbonyl (C=O) groups excluding carboxylic acids is 1. The van der Waals surface area contributed by atoms with E-state index in [2.05, 4.69) is 20.9 Å². The summed E-state index contributed by atoms with van der Waals surface area (Å²) in [4.78, 5) is 17.8. The highest BCUT2D eigenvalue weighted by Gasteiger charge is 2.24. The first-order valence-electron chi connectivity index (χ1n) is 5.66. The third-order valence-electron chi connectivity index (χ3n) is 2.98. The SMILES string of the molecule is O=C(c1cncc(Br)c1)N1CCCC(CF)C1. The van der Waals surface area contributed by atoms with Crippen LogP contribution in [0.1, 0.15) is 23.2 Å². The van der Waals surface area contributed by atoms with Gasteiger partial charge in [0.05, 0.1) is 12.2 Å². The molecule has 0 aromatic carbocycles. The second-order valence-electron chi connectivity index (χ2n) is 4.31. The molecule has 5 heteroatoms. The first-order valence-corrected chi connectivity index (χ1v) is 6.46. The van der Waals surface area contributed by atoms with Crippen LogP contribution in [0.15, 0.2) is 22.9 Å². The molecule has 3 nitrogen and oxygen atoms in total. The summed E-state index contributed by atoms with van der Waals surface area (Å²) < 4.78 is 13.4. The van der Waals surface area contributed by atoms with Crippen molar-refractivity contribution in [2.24, 2.45) is 5.92 Å². The second-order valence-corrected chi connectivity index (χ2v) is 5.22. The number of carbonyl (C=O) groups is 1. The van der Waals surface area contributed by atoms with Gasteiger partial charge in [-0.2, -0.15) is 0 Å². The van der Waals surface area contributed by atoms with Crippen molar-refractivity contribution in [2.75, 3.05) is 19.8 Å². The van der Waals surface area contributed by atoms with Gasteiger partial charge in [0, 0.05) is 35.9 Å². The summed E-state index contributed by atoms with van der Waals surface area (Å²) >= 11 is 3.29. The molecule has 1 fully saturated rings. The van der Waals surface area contributed by atoms with E-state index in [0.717, 1.165) is 17.3 Å². The first-order chi connectivity index (χ1) is 8.20. The highest BCUT2D eigenvalue weighted by atomic mass is 79.9. The highest BCUT2D eigenvalue weighted by molar-refractivity contribution is 9.10. The molecule has 1 aromatic rings. The van der Waals surface area contributed by atoms with Crippen LogP contribution in [0, 0.1) is 5.92 Å². The fourth-order valence-corrected chi connectivity index (χ4v) is 2.45. The Bertz CT molecular complexity index is 413. The number of hydrogen-bond acceptors (Lipinski definition) is 2. The Morgan fingerprint density at radius 2 is 2.41 bits per heavy atom. The summed E-state index contributed by atoms with van der Waals surface area (Å²) in [6.45, 7) is 0.879. The van der Waals surface area contributed by atoms with Crippen LogP contribution >= 0.6 is 15.9 Å². The van der Waals surface area contributed by atoms with Crippen molar-refractivity contribution >= 4 is 21.8 Å². The lowest BCUT2D eigenvalue weighted by Crippen LogP contribution is -2.40. The maximum absolute atomic E-state index is 12.6. The topological polar surface area (TPSA) is 33.2 Å². The summed E-state index contributed by atoms with van der Waals surface area (Å²) in [5.41, 5.74) is 0.555. The number of nitrogens with zero attached hydrogens (tertiary/aromatic N) is 2. The summed E-state index contributed by atoms with van der Waals surface area (Å²) in [5.74, 6) is -0.0650. The third-order valence-corrected chi connectivity index (χ3v) is 3.41. The van der Waals surface area contributed by atoms with Crippen molar-refractivity contribution in [1.82, 2.24) is 9.88 Å². The van der Waals surface area contributed by atoms with Crippen LogP contribution in [0.25, 0.3) is 0 Å². The van der Waals surface area contributed by atoms with Crippen LogP contribution in [-0.4, -0.2) is 35.6 Å². The summed E-state index contributed by atoms with van der Waals surface area (Å²) in [6, 6.07) is 1.74. The molecule has 0 bridgehead atoms. The summed E-state index contributed by atoms with van der Waals surface area (Å²) in [6.07, 6.45) is 4.93. The number of rotatable bonds is 2. The Hall–Kier alpha value is -0.970. The van der Waals surface area contributed by atoms with E-state index < -0.39 is 0 Å². The highest BCUT2D eigenvalue weighted by Crippen LogP contribution is 2.19. The van der Waals surface area contributed by atoms with Gasteiger partial charge in [-0.15, -0.1) is 0 Å². The smallest absolute Gasteiger partial charge is 0.255 e. The largest absolute Gasteiger partial charge is 0.338 e. The molecular formula is C12H14BrFN2O. The molecule has 0 saturated carbocycles. The zero-order valence-corrected chi connectivity index (χ0v) is 11.0. The maximum atomic E-state index is 12.6. The van der Waals surface area contributed by atoms with Crippen molar-refractivity contribution in [3.05, 3.63) is 28.5 Å². The van der Waals surface area contributed by atoms with E-state index in [1.807, 2.05) is 0 Å². The monoisotopic (exact) mass is 300 g/mol. The summed E-state index contributed by atoms with van der Waals surface area (Å²) in [5, 5.41) is 0. The molecule has 1 saturated heterocycles. The molecule has 2 heterocycles. The fourth-order valence-electron chi connectivity index (χ4n) is 2.09. The van der Waals surface area contributed by atoms with Crippen LogP contribution in [0.4, 0.5) is 4.39 Å². The molecule has 1 unspecified atom stereocenters. The Morgan fingerprint density at radius 1 is 1.59 bits per heavy atom. The van der Waals surface area contributed by atoms with Crippen molar-refractivity contribution in [1.29, 1.82) is 0 Å². The summed E-state index contributed by atoms with van der Waals surface area (Å²) in [7, 11) is 0. The molecule has 2 rings (SSSR count). The zero-order valence-electron chi connectivity index (χ0n) is 9.40. The fraction of sp³-hybridized carbons (Fsp3) is 0.500. The van der Waals surface area contributed by atoms with E-state index in [9.17, 15) is 9.18 Å². The number of hydrogen-bond donors (Lipinski definition) is 0. The van der Waals surface area contributed by atoms with Gasteiger partial charge in [0.2, 0.25) is 0 Å². The molecule has 0 spiro atoms. The molecule has 1 aliphatic heterocycles. The van der Waals surface area contributed by atoms with E-state index in [1.165, 1.54) is 0 Å². The van der Waals surface area contributed by atoms with Crippen molar-refractivity contribution in [3.63, 3.8) is 0 Å². The maximum Gasteiger partial charge on any atom is 0.255 e. The van der Waals surface area contributed by atoms with Crippen LogP contribution < -0.4 is 0 Å². The van der Waals surface area contributed by atoms with Gasteiger partial charge in [0.25, 0.3) is 5.91 Å². The average Bonchev–Trinajstić information content (AvgIpc) is 2.38. The van der Waals surface area contributed by atoms with Crippen LogP contribution in [0.5, 0.6) is 0 Å². The zero-order chi connectivity index (χ0) is 12.3. The van der Waals surface area contributed by atoms with Crippen molar-refractivity contribution < 1.29 is 9.18 Å². The average molecular weight is 301 g/mol. The molecule has 92 valence electrons. The molecule has 0 N–H and O–H groups in total. The lowest BCUT2D eigenvalue weighted by Gasteiger charge is -2.31. The van der Waals surface area contributed by atoms with E-state index in [4.69, 9.17) is 0 Å². The van der Waals surface area contributed by atoms with Gasteiger partial charge in [0.15, 0.2) is 0 Å². The number of amides is 1. The molecule has 17 heavy (non-hydrogen) atoms. The Kier molecular flexibility index (Phi) is 4.10. The molecule has 1 atom stereocenters. The van der Waals surface area contributed by atoms with Gasteiger partial charge in [-0.05, 0) is 34.8 Å². The van der Waals surface area contributed by atoms with Crippen molar-refractivity contribution in [3.8, 4) is 0 Å². The van der Waals surface area contributed by atoms with E-state index >= 15 is 0 Å². The Morgan fingerprint density at radius 3 is 3.12 bits per heavy atom. The molecule has 1 amide bonds. The quantitative estimate of drug-likeness (QED) is 0.841. The van der Waals surface area contributed by atoms with Gasteiger partial charge >= 0.3 is 0 Å². The van der Waals surface area contributed by atoms with E-state index in [-0.39, 0.29) is 18.5 Å². The number of pyridine rings is 1. The van der Waals surface area contributed by atoms with E-state index in [0.29, 0.717) is 18.7 Å². The minimum atomic E-state index is -0.347. The number of halogens is 2. The molecule has 1 aromatic heterocycles. The lowest BCUT2D eigenvalue weighted by atomic mass is 9.99. The second kappa shape index (κ2) is 5.58. The van der Waals surface area contributed by atoms with Crippen LogP contribution in [0.3, 0.4) is 0 Å². The standard InChI is InChI=1S/C12H14BrFN2O/c13-11-4-10(6-15-7-11)12(17)16-3-1-2-9(5-14)8-16/h4,6-7,9H,1-3,5,8H2. The molecule has 0 aliphatic carbocycles.